The molecule has 1 aromatic heterocycles. The fraction of sp³-hybridized carbons (Fsp3) is 0.143. The lowest BCUT2D eigenvalue weighted by Crippen LogP contribution is -2.45. The van der Waals surface area contributed by atoms with E-state index in [-0.39, 0.29) is 11.5 Å². The van der Waals surface area contributed by atoms with Crippen molar-refractivity contribution in [3.8, 4) is 22.3 Å². The Labute approximate surface area is 163 Å². The third-order valence-electron chi connectivity index (χ3n) is 4.66. The lowest BCUT2D eigenvalue weighted by Gasteiger charge is -2.22. The number of aromatic nitrogens is 1. The van der Waals surface area contributed by atoms with Gasteiger partial charge in [0.2, 0.25) is 0 Å². The van der Waals surface area contributed by atoms with Gasteiger partial charge in [-0.1, -0.05) is 41.6 Å². The molecule has 0 fully saturated rings. The Balaban J connectivity index is 1.63. The molecular formula is C21H14F4N2O2. The number of pyridine rings is 1. The number of nitrogens with zero attached hydrogens (tertiary/aromatic N) is 2. The number of oxime groups is 1. The second kappa shape index (κ2) is 6.97. The molecule has 0 bridgehead atoms. The Hall–Kier alpha value is -3.26. The highest BCUT2D eigenvalue weighted by Gasteiger charge is 2.60. The number of halogens is 4. The molecule has 4 nitrogen and oxygen atoms in total. The molecule has 0 saturated carbocycles. The summed E-state index contributed by atoms with van der Waals surface area (Å²) in [6.45, 7) is 0. The zero-order valence-corrected chi connectivity index (χ0v) is 14.8. The van der Waals surface area contributed by atoms with E-state index >= 15 is 0 Å². The lowest BCUT2D eigenvalue weighted by atomic mass is 9.94. The van der Waals surface area contributed by atoms with Gasteiger partial charge in [-0.3, -0.25) is 4.98 Å². The van der Waals surface area contributed by atoms with Gasteiger partial charge in [0.15, 0.2) is 0 Å². The van der Waals surface area contributed by atoms with Crippen molar-refractivity contribution in [2.75, 3.05) is 0 Å². The zero-order chi connectivity index (χ0) is 20.6. The summed E-state index contributed by atoms with van der Waals surface area (Å²) in [5.74, 6) is -3.65. The quantitative estimate of drug-likeness (QED) is 0.632. The monoisotopic (exact) mass is 402 g/mol. The summed E-state index contributed by atoms with van der Waals surface area (Å²) in [4.78, 5) is 8.38. The minimum Gasteiger partial charge on any atom is -0.350 e. The summed E-state index contributed by atoms with van der Waals surface area (Å²) in [5, 5.41) is 13.0. The molecule has 1 N–H and O–H groups in total. The number of hydrogen-bond donors (Lipinski definition) is 1. The molecule has 1 atom stereocenters. The van der Waals surface area contributed by atoms with Crippen LogP contribution in [0.2, 0.25) is 0 Å². The highest BCUT2D eigenvalue weighted by Crippen LogP contribution is 2.39. The van der Waals surface area contributed by atoms with Gasteiger partial charge in [0.05, 0.1) is 12.1 Å². The summed E-state index contributed by atoms with van der Waals surface area (Å²) in [6, 6.07) is 14.5. The normalized spacial score (nSPS) is 19.0. The fourth-order valence-corrected chi connectivity index (χ4v) is 3.08. The van der Waals surface area contributed by atoms with E-state index in [1.54, 1.807) is 54.9 Å². The Morgan fingerprint density at radius 2 is 1.45 bits per heavy atom. The third kappa shape index (κ3) is 3.58. The first-order valence-electron chi connectivity index (χ1n) is 8.62. The number of aliphatic hydroxyl groups is 1. The van der Waals surface area contributed by atoms with Crippen molar-refractivity contribution < 1.29 is 27.5 Å². The third-order valence-corrected chi connectivity index (χ3v) is 4.66. The van der Waals surface area contributed by atoms with Gasteiger partial charge in [-0.05, 0) is 40.5 Å². The minimum atomic E-state index is -4.95. The molecule has 3 aromatic rings. The highest BCUT2D eigenvalue weighted by atomic mass is 19.4. The molecule has 0 radical (unpaired) electrons. The largest absolute Gasteiger partial charge is 0.458 e. The summed E-state index contributed by atoms with van der Waals surface area (Å²) in [7, 11) is 0. The van der Waals surface area contributed by atoms with E-state index in [0.29, 0.717) is 5.56 Å². The van der Waals surface area contributed by atoms with Crippen molar-refractivity contribution in [3.05, 3.63) is 78.4 Å². The first kappa shape index (κ1) is 19.1. The predicted molar refractivity (Wildman–Crippen MR) is 98.3 cm³/mol. The van der Waals surface area contributed by atoms with Crippen LogP contribution in [0.3, 0.4) is 0 Å². The molecule has 4 rings (SSSR count). The molecule has 1 aliphatic heterocycles. The Bertz CT molecular complexity index is 1060. The van der Waals surface area contributed by atoms with Gasteiger partial charge in [0.25, 0.3) is 0 Å². The smallest absolute Gasteiger partial charge is 0.350 e. The molecule has 2 heterocycles. The summed E-state index contributed by atoms with van der Waals surface area (Å²) in [6.07, 6.45) is -2.45. The van der Waals surface area contributed by atoms with Crippen molar-refractivity contribution in [1.29, 1.82) is 0 Å². The summed E-state index contributed by atoms with van der Waals surface area (Å²) < 4.78 is 51.8. The molecule has 148 valence electrons. The molecule has 29 heavy (non-hydrogen) atoms. The van der Waals surface area contributed by atoms with Crippen molar-refractivity contribution in [2.24, 2.45) is 5.16 Å². The molecule has 2 aromatic carbocycles. The van der Waals surface area contributed by atoms with Crippen LogP contribution in [0.4, 0.5) is 17.6 Å². The average molecular weight is 402 g/mol. The minimum absolute atomic E-state index is 0.00450. The average Bonchev–Trinajstić information content (AvgIpc) is 3.12. The van der Waals surface area contributed by atoms with Gasteiger partial charge in [-0.25, -0.2) is 4.39 Å². The second-order valence-corrected chi connectivity index (χ2v) is 6.59. The Kier molecular flexibility index (Phi) is 4.58. The van der Waals surface area contributed by atoms with Crippen molar-refractivity contribution in [1.82, 2.24) is 4.98 Å². The van der Waals surface area contributed by atoms with E-state index in [0.717, 1.165) is 22.3 Å². The van der Waals surface area contributed by atoms with Crippen LogP contribution in [0.15, 0.2) is 72.1 Å². The SMILES string of the molecule is OC1(C(F)(F)F)CC(c2ccc(-c3ccncc3-c3ccc(F)cc3)cc2)=NO1. The maximum atomic E-state index is 13.2. The van der Waals surface area contributed by atoms with Crippen LogP contribution in [0, 0.1) is 5.82 Å². The highest BCUT2D eigenvalue weighted by molar-refractivity contribution is 6.02. The molecular weight excluding hydrogens is 388 g/mol. The maximum absolute atomic E-state index is 13.2. The van der Waals surface area contributed by atoms with Gasteiger partial charge in [0, 0.05) is 18.0 Å². The van der Waals surface area contributed by atoms with Crippen LogP contribution < -0.4 is 0 Å². The first-order valence-corrected chi connectivity index (χ1v) is 8.62. The first-order chi connectivity index (χ1) is 13.8. The van der Waals surface area contributed by atoms with Crippen molar-refractivity contribution in [3.63, 3.8) is 0 Å². The summed E-state index contributed by atoms with van der Waals surface area (Å²) in [5.41, 5.74) is 3.60. The standard InChI is InChI=1S/C21H14F4N2O2/c22-16-7-5-14(6-8-16)18-12-26-10-9-17(18)13-1-3-15(4-2-13)19-11-20(28,29-27-19)21(23,24)25/h1-10,12,28H,11H2. The van der Waals surface area contributed by atoms with E-state index in [2.05, 4.69) is 15.0 Å². The predicted octanol–water partition coefficient (Wildman–Crippen LogP) is 4.93. The molecule has 8 heteroatoms. The fourth-order valence-electron chi connectivity index (χ4n) is 3.08. The van der Waals surface area contributed by atoms with E-state index in [1.165, 1.54) is 12.1 Å². The van der Waals surface area contributed by atoms with Crippen LogP contribution in [-0.2, 0) is 4.84 Å². The van der Waals surface area contributed by atoms with Crippen LogP contribution in [0.25, 0.3) is 22.3 Å². The lowest BCUT2D eigenvalue weighted by molar-refractivity contribution is -0.355. The van der Waals surface area contributed by atoms with E-state index in [1.807, 2.05) is 0 Å². The van der Waals surface area contributed by atoms with Crippen LogP contribution >= 0.6 is 0 Å². The van der Waals surface area contributed by atoms with Crippen LogP contribution in [0.5, 0.6) is 0 Å². The van der Waals surface area contributed by atoms with Gasteiger partial charge in [0.1, 0.15) is 5.82 Å². The molecule has 0 saturated heterocycles. The second-order valence-electron chi connectivity index (χ2n) is 6.59. The Morgan fingerprint density at radius 1 is 0.862 bits per heavy atom. The summed E-state index contributed by atoms with van der Waals surface area (Å²) >= 11 is 0. The van der Waals surface area contributed by atoms with Gasteiger partial charge in [-0.15, -0.1) is 0 Å². The van der Waals surface area contributed by atoms with E-state index < -0.39 is 18.4 Å². The molecule has 0 aliphatic carbocycles. The van der Waals surface area contributed by atoms with Crippen molar-refractivity contribution in [2.45, 2.75) is 18.4 Å². The van der Waals surface area contributed by atoms with Crippen molar-refractivity contribution >= 4 is 5.71 Å². The van der Waals surface area contributed by atoms with Crippen LogP contribution in [-0.4, -0.2) is 27.8 Å². The van der Waals surface area contributed by atoms with E-state index in [4.69, 9.17) is 0 Å². The van der Waals surface area contributed by atoms with Gasteiger partial charge in [-0.2, -0.15) is 13.2 Å². The molecule has 0 spiro atoms. The number of alkyl halides is 3. The topological polar surface area (TPSA) is 54.7 Å². The van der Waals surface area contributed by atoms with Gasteiger partial charge >= 0.3 is 12.0 Å². The maximum Gasteiger partial charge on any atom is 0.458 e. The Morgan fingerprint density at radius 3 is 2.07 bits per heavy atom. The van der Waals surface area contributed by atoms with Crippen LogP contribution in [0.1, 0.15) is 12.0 Å². The van der Waals surface area contributed by atoms with Gasteiger partial charge < -0.3 is 9.94 Å². The number of benzene rings is 2. The zero-order valence-electron chi connectivity index (χ0n) is 14.8. The number of rotatable bonds is 3. The molecule has 1 unspecified atom stereocenters. The molecule has 0 amide bonds. The van der Waals surface area contributed by atoms with E-state index in [9.17, 15) is 22.7 Å². The number of hydrogen-bond acceptors (Lipinski definition) is 4. The molecule has 1 aliphatic rings.